The van der Waals surface area contributed by atoms with Gasteiger partial charge in [-0.25, -0.2) is 4.79 Å². The summed E-state index contributed by atoms with van der Waals surface area (Å²) in [6, 6.07) is 0. The van der Waals surface area contributed by atoms with Gasteiger partial charge in [0.2, 0.25) is 0 Å². The Morgan fingerprint density at radius 2 is 2.06 bits per heavy atom. The van der Waals surface area contributed by atoms with Gasteiger partial charge in [-0.3, -0.25) is 4.57 Å². The smallest absolute Gasteiger partial charge is 0.408 e. The average molecular weight is 219 g/mol. The van der Waals surface area contributed by atoms with Gasteiger partial charge in [0.15, 0.2) is 5.42 Å². The summed E-state index contributed by atoms with van der Waals surface area (Å²) in [4.78, 5) is 11.3. The Labute approximate surface area is 94.7 Å². The van der Waals surface area contributed by atoms with Crippen molar-refractivity contribution in [3.63, 3.8) is 0 Å². The number of oxazole rings is 1. The number of rotatable bonds is 3. The molecule has 0 aliphatic heterocycles. The van der Waals surface area contributed by atoms with Crippen LogP contribution in [-0.2, 0) is 7.05 Å². The third kappa shape index (κ3) is 2.86. The summed E-state index contributed by atoms with van der Waals surface area (Å²) in [6.07, 6.45) is 12.3. The zero-order valence-corrected chi connectivity index (χ0v) is 9.93. The van der Waals surface area contributed by atoms with E-state index in [1.54, 1.807) is 7.05 Å². The van der Waals surface area contributed by atoms with Crippen LogP contribution < -0.4 is 16.5 Å². The van der Waals surface area contributed by atoms with Crippen LogP contribution in [0.3, 0.4) is 0 Å². The van der Waals surface area contributed by atoms with E-state index in [0.717, 1.165) is 11.8 Å². The molecule has 1 aromatic heterocycles. The molecule has 0 radical (unpaired) electrons. The summed E-state index contributed by atoms with van der Waals surface area (Å²) in [5.74, 6) is -0.328. The van der Waals surface area contributed by atoms with Gasteiger partial charge in [0, 0.05) is 7.05 Å². The highest BCUT2D eigenvalue weighted by Crippen LogP contribution is 1.78. The van der Waals surface area contributed by atoms with Crippen LogP contribution in [-0.4, -0.2) is 4.57 Å². The molecule has 0 fully saturated rings. The lowest BCUT2D eigenvalue weighted by Crippen LogP contribution is -2.29. The predicted octanol–water partition coefficient (Wildman–Crippen LogP) is 1.08. The van der Waals surface area contributed by atoms with Crippen LogP contribution in [0.25, 0.3) is 12.2 Å². The highest BCUT2D eigenvalue weighted by Gasteiger charge is 1.98. The minimum absolute atomic E-state index is 0.328. The van der Waals surface area contributed by atoms with E-state index in [0.29, 0.717) is 5.42 Å². The molecule has 0 aromatic carbocycles. The molecule has 0 amide bonds. The molecule has 0 aliphatic carbocycles. The van der Waals surface area contributed by atoms with Crippen molar-refractivity contribution in [3.05, 3.63) is 45.6 Å². The topological polar surface area (TPSA) is 35.1 Å². The highest BCUT2D eigenvalue weighted by atomic mass is 16.4. The van der Waals surface area contributed by atoms with Crippen molar-refractivity contribution in [3.8, 4) is 0 Å². The molecule has 0 N–H and O–H groups in total. The van der Waals surface area contributed by atoms with Gasteiger partial charge >= 0.3 is 5.76 Å². The lowest BCUT2D eigenvalue weighted by atomic mass is 10.3. The van der Waals surface area contributed by atoms with Crippen molar-refractivity contribution < 1.29 is 4.42 Å². The molecule has 1 aromatic rings. The molecule has 16 heavy (non-hydrogen) atoms. The second-order valence-electron chi connectivity index (χ2n) is 3.37. The number of nitrogens with zero attached hydrogens (tertiary/aromatic N) is 1. The first-order chi connectivity index (χ1) is 7.70. The van der Waals surface area contributed by atoms with E-state index in [2.05, 4.69) is 0 Å². The van der Waals surface area contributed by atoms with Gasteiger partial charge in [-0.05, 0) is 25.5 Å². The average Bonchev–Trinajstić information content (AvgIpc) is 2.52. The fraction of sp³-hybridized carbons (Fsp3) is 0.308. The molecule has 3 heteroatoms. The fourth-order valence-corrected chi connectivity index (χ4v) is 1.33. The molecule has 0 unspecified atom stereocenters. The third-order valence-corrected chi connectivity index (χ3v) is 2.14. The monoisotopic (exact) mass is 219 g/mol. The molecular formula is C13H17NO2. The molecule has 0 saturated heterocycles. The Balaban J connectivity index is 3.31. The van der Waals surface area contributed by atoms with Gasteiger partial charge in [-0.1, -0.05) is 31.2 Å². The van der Waals surface area contributed by atoms with E-state index < -0.39 is 0 Å². The zero-order chi connectivity index (χ0) is 12.0. The maximum absolute atomic E-state index is 11.3. The van der Waals surface area contributed by atoms with Gasteiger partial charge in [-0.15, -0.1) is 0 Å². The number of hydrogen-bond donors (Lipinski definition) is 0. The second kappa shape index (κ2) is 5.95. The minimum atomic E-state index is -0.328. The summed E-state index contributed by atoms with van der Waals surface area (Å²) in [5.41, 5.74) is 0.639. The van der Waals surface area contributed by atoms with E-state index in [4.69, 9.17) is 4.42 Å². The normalized spacial score (nSPS) is 14.7. The van der Waals surface area contributed by atoms with Crippen LogP contribution in [0.1, 0.15) is 20.3 Å². The molecular weight excluding hydrogens is 202 g/mol. The SMILES string of the molecule is C/C=C/C=C\C=c1/c(=C\CC)oc(=O)n1C. The van der Waals surface area contributed by atoms with Gasteiger partial charge < -0.3 is 4.42 Å². The van der Waals surface area contributed by atoms with Crippen molar-refractivity contribution >= 4 is 12.2 Å². The van der Waals surface area contributed by atoms with Crippen LogP contribution in [0, 0.1) is 0 Å². The minimum Gasteiger partial charge on any atom is -0.408 e. The van der Waals surface area contributed by atoms with Crippen molar-refractivity contribution in [2.24, 2.45) is 7.05 Å². The molecule has 0 saturated carbocycles. The predicted molar refractivity (Wildman–Crippen MR) is 66.4 cm³/mol. The summed E-state index contributed by atoms with van der Waals surface area (Å²) in [7, 11) is 1.70. The zero-order valence-electron chi connectivity index (χ0n) is 9.93. The molecule has 3 nitrogen and oxygen atoms in total. The van der Waals surface area contributed by atoms with Gasteiger partial charge in [0.1, 0.15) is 0 Å². The van der Waals surface area contributed by atoms with Crippen LogP contribution in [0.2, 0.25) is 0 Å². The molecule has 86 valence electrons. The standard InChI is InChI=1S/C13H17NO2/c1-4-6-7-8-10-11-12(9-5-2)16-13(15)14(11)3/h4,6-10H,5H2,1-3H3/b6-4+,8-7-,11-10+,12-9+. The third-order valence-electron chi connectivity index (χ3n) is 2.14. The Morgan fingerprint density at radius 3 is 2.69 bits per heavy atom. The summed E-state index contributed by atoms with van der Waals surface area (Å²) in [6.45, 7) is 3.96. The Bertz CT molecular complexity index is 556. The van der Waals surface area contributed by atoms with Crippen molar-refractivity contribution in [1.82, 2.24) is 4.57 Å². The first-order valence-electron chi connectivity index (χ1n) is 5.36. The van der Waals surface area contributed by atoms with E-state index in [9.17, 15) is 4.79 Å². The number of hydrogen-bond acceptors (Lipinski definition) is 2. The Hall–Kier alpha value is -1.77. The first-order valence-corrected chi connectivity index (χ1v) is 5.36. The Kier molecular flexibility index (Phi) is 4.58. The van der Waals surface area contributed by atoms with Gasteiger partial charge in [0.25, 0.3) is 0 Å². The number of allylic oxidation sites excluding steroid dienone is 4. The molecule has 0 bridgehead atoms. The fourth-order valence-electron chi connectivity index (χ4n) is 1.33. The van der Waals surface area contributed by atoms with Crippen LogP contribution in [0.5, 0.6) is 0 Å². The molecule has 0 aliphatic rings. The molecule has 0 atom stereocenters. The highest BCUT2D eigenvalue weighted by molar-refractivity contribution is 5.37. The quantitative estimate of drug-likeness (QED) is 0.713. The largest absolute Gasteiger partial charge is 0.419 e. The van der Waals surface area contributed by atoms with E-state index in [-0.39, 0.29) is 5.76 Å². The van der Waals surface area contributed by atoms with Crippen LogP contribution in [0.4, 0.5) is 0 Å². The van der Waals surface area contributed by atoms with Crippen molar-refractivity contribution in [1.29, 1.82) is 0 Å². The number of aromatic nitrogens is 1. The van der Waals surface area contributed by atoms with E-state index >= 15 is 0 Å². The molecule has 0 spiro atoms. The maximum Gasteiger partial charge on any atom is 0.419 e. The Morgan fingerprint density at radius 1 is 1.31 bits per heavy atom. The van der Waals surface area contributed by atoms with Crippen LogP contribution in [0.15, 0.2) is 33.5 Å². The lowest BCUT2D eigenvalue weighted by Gasteiger charge is -1.83. The van der Waals surface area contributed by atoms with Crippen LogP contribution >= 0.6 is 0 Å². The molecule has 1 heterocycles. The van der Waals surface area contributed by atoms with Gasteiger partial charge in [0.05, 0.1) is 5.35 Å². The summed E-state index contributed by atoms with van der Waals surface area (Å²) in [5, 5.41) is 0.799. The van der Waals surface area contributed by atoms with Crippen molar-refractivity contribution in [2.75, 3.05) is 0 Å². The maximum atomic E-state index is 11.3. The van der Waals surface area contributed by atoms with E-state index in [1.165, 1.54) is 4.57 Å². The lowest BCUT2D eigenvalue weighted by molar-refractivity contribution is 0.469. The molecule has 1 rings (SSSR count). The van der Waals surface area contributed by atoms with Crippen molar-refractivity contribution in [2.45, 2.75) is 20.3 Å². The van der Waals surface area contributed by atoms with E-state index in [1.807, 2.05) is 50.3 Å². The second-order valence-corrected chi connectivity index (χ2v) is 3.37. The first kappa shape index (κ1) is 12.3. The summed E-state index contributed by atoms with van der Waals surface area (Å²) >= 11 is 0. The summed E-state index contributed by atoms with van der Waals surface area (Å²) < 4.78 is 6.61. The van der Waals surface area contributed by atoms with Gasteiger partial charge in [-0.2, -0.15) is 0 Å².